The van der Waals surface area contributed by atoms with Gasteiger partial charge in [-0.25, -0.2) is 0 Å². The summed E-state index contributed by atoms with van der Waals surface area (Å²) >= 11 is 0. The molecule has 0 fully saturated rings. The van der Waals surface area contributed by atoms with Crippen LogP contribution in [-0.2, 0) is 9.53 Å². The predicted molar refractivity (Wildman–Crippen MR) is 103 cm³/mol. The lowest BCUT2D eigenvalue weighted by Crippen LogP contribution is -2.31. The van der Waals surface area contributed by atoms with Crippen LogP contribution in [0.3, 0.4) is 0 Å². The summed E-state index contributed by atoms with van der Waals surface area (Å²) in [6.07, 6.45) is -0.0889. The summed E-state index contributed by atoms with van der Waals surface area (Å²) in [6, 6.07) is 13.1. The van der Waals surface area contributed by atoms with Gasteiger partial charge in [0.05, 0.1) is 18.6 Å². The van der Waals surface area contributed by atoms with E-state index in [-0.39, 0.29) is 24.4 Å². The normalized spacial score (nSPS) is 11.9. The summed E-state index contributed by atoms with van der Waals surface area (Å²) in [4.78, 5) is 24.9. The minimum atomic E-state index is -0.435. The highest BCUT2D eigenvalue weighted by atomic mass is 16.5. The number of carbonyl (C=O) groups is 2. The standard InChI is InChI=1S/C22H27NO3/c1-14(2)26-21(24)13-20(18-9-6-15(3)7-10-18)23-22(25)19-11-8-16(4)12-17(19)5/h6-12,14,20H,13H2,1-5H3,(H,23,25). The zero-order valence-corrected chi connectivity index (χ0v) is 16.1. The van der Waals surface area contributed by atoms with Gasteiger partial charge in [-0.15, -0.1) is 0 Å². The third-order valence-corrected chi connectivity index (χ3v) is 4.15. The molecule has 0 bridgehead atoms. The molecule has 1 amide bonds. The van der Waals surface area contributed by atoms with Crippen LogP contribution in [0.25, 0.3) is 0 Å². The Labute approximate surface area is 155 Å². The first kappa shape index (κ1) is 19.7. The maximum atomic E-state index is 12.8. The number of nitrogens with one attached hydrogen (secondary N) is 1. The third-order valence-electron chi connectivity index (χ3n) is 4.15. The summed E-state index contributed by atoms with van der Waals surface area (Å²) in [5, 5.41) is 2.99. The maximum Gasteiger partial charge on any atom is 0.308 e. The Kier molecular flexibility index (Phi) is 6.56. The van der Waals surface area contributed by atoms with Crippen LogP contribution < -0.4 is 5.32 Å². The second kappa shape index (κ2) is 8.65. The average Bonchev–Trinajstić information content (AvgIpc) is 2.54. The molecule has 2 aromatic rings. The van der Waals surface area contributed by atoms with E-state index in [1.807, 2.05) is 77.1 Å². The lowest BCUT2D eigenvalue weighted by atomic mass is 10.0. The van der Waals surface area contributed by atoms with Crippen molar-refractivity contribution in [2.45, 2.75) is 53.2 Å². The van der Waals surface area contributed by atoms with Crippen molar-refractivity contribution >= 4 is 11.9 Å². The molecule has 2 aromatic carbocycles. The second-order valence-corrected chi connectivity index (χ2v) is 7.00. The highest BCUT2D eigenvalue weighted by molar-refractivity contribution is 5.96. The molecule has 1 atom stereocenters. The van der Waals surface area contributed by atoms with Gasteiger partial charge < -0.3 is 10.1 Å². The fraction of sp³-hybridized carbons (Fsp3) is 0.364. The van der Waals surface area contributed by atoms with Crippen LogP contribution in [0.5, 0.6) is 0 Å². The SMILES string of the molecule is Cc1ccc(C(CC(=O)OC(C)C)NC(=O)c2ccc(C)cc2C)cc1. The molecule has 1 N–H and O–H groups in total. The fourth-order valence-corrected chi connectivity index (χ4v) is 2.83. The first-order chi connectivity index (χ1) is 12.3. The first-order valence-electron chi connectivity index (χ1n) is 8.90. The second-order valence-electron chi connectivity index (χ2n) is 7.00. The highest BCUT2D eigenvalue weighted by Crippen LogP contribution is 2.20. The Morgan fingerprint density at radius 2 is 1.58 bits per heavy atom. The topological polar surface area (TPSA) is 55.4 Å². The monoisotopic (exact) mass is 353 g/mol. The predicted octanol–water partition coefficient (Wildman–Crippen LogP) is 4.42. The van der Waals surface area contributed by atoms with Gasteiger partial charge in [-0.05, 0) is 51.8 Å². The molecule has 0 aromatic heterocycles. The molecule has 2 rings (SSSR count). The van der Waals surface area contributed by atoms with Crippen LogP contribution in [0.1, 0.15) is 58.9 Å². The van der Waals surface area contributed by atoms with Crippen LogP contribution in [0.2, 0.25) is 0 Å². The quantitative estimate of drug-likeness (QED) is 0.782. The zero-order valence-electron chi connectivity index (χ0n) is 16.1. The van der Waals surface area contributed by atoms with E-state index in [2.05, 4.69) is 5.32 Å². The summed E-state index contributed by atoms with van der Waals surface area (Å²) in [7, 11) is 0. The van der Waals surface area contributed by atoms with Crippen LogP contribution in [-0.4, -0.2) is 18.0 Å². The lowest BCUT2D eigenvalue weighted by Gasteiger charge is -2.20. The van der Waals surface area contributed by atoms with Gasteiger partial charge in [-0.1, -0.05) is 47.5 Å². The van der Waals surface area contributed by atoms with Gasteiger partial charge in [0.15, 0.2) is 0 Å². The van der Waals surface area contributed by atoms with Crippen LogP contribution in [0.4, 0.5) is 0 Å². The van der Waals surface area contributed by atoms with E-state index in [0.29, 0.717) is 5.56 Å². The number of amides is 1. The molecule has 4 nitrogen and oxygen atoms in total. The molecular weight excluding hydrogens is 326 g/mol. The Bertz CT molecular complexity index is 778. The minimum absolute atomic E-state index is 0.0951. The number of esters is 1. The maximum absolute atomic E-state index is 12.8. The van der Waals surface area contributed by atoms with Crippen molar-refractivity contribution in [1.29, 1.82) is 0 Å². The Morgan fingerprint density at radius 1 is 0.962 bits per heavy atom. The Hall–Kier alpha value is -2.62. The van der Waals surface area contributed by atoms with Gasteiger partial charge in [-0.3, -0.25) is 9.59 Å². The number of rotatable bonds is 6. The number of carbonyl (C=O) groups excluding carboxylic acids is 2. The third kappa shape index (κ3) is 5.45. The first-order valence-corrected chi connectivity index (χ1v) is 8.90. The van der Waals surface area contributed by atoms with Crippen molar-refractivity contribution in [3.8, 4) is 0 Å². The molecule has 138 valence electrons. The molecule has 0 aliphatic carbocycles. The van der Waals surface area contributed by atoms with Crippen molar-refractivity contribution in [3.63, 3.8) is 0 Å². The zero-order chi connectivity index (χ0) is 19.3. The van der Waals surface area contributed by atoms with E-state index < -0.39 is 6.04 Å². The number of hydrogen-bond donors (Lipinski definition) is 1. The smallest absolute Gasteiger partial charge is 0.308 e. The highest BCUT2D eigenvalue weighted by Gasteiger charge is 2.21. The van der Waals surface area contributed by atoms with Crippen molar-refractivity contribution in [1.82, 2.24) is 5.32 Å². The van der Waals surface area contributed by atoms with E-state index in [4.69, 9.17) is 4.74 Å². The number of benzene rings is 2. The summed E-state index contributed by atoms with van der Waals surface area (Å²) in [5.74, 6) is -0.517. The van der Waals surface area contributed by atoms with E-state index >= 15 is 0 Å². The average molecular weight is 353 g/mol. The number of hydrogen-bond acceptors (Lipinski definition) is 3. The van der Waals surface area contributed by atoms with Gasteiger partial charge in [0.25, 0.3) is 5.91 Å². The molecule has 0 heterocycles. The van der Waals surface area contributed by atoms with Gasteiger partial charge in [0.1, 0.15) is 0 Å². The Balaban J connectivity index is 2.23. The van der Waals surface area contributed by atoms with E-state index in [9.17, 15) is 9.59 Å². The lowest BCUT2D eigenvalue weighted by molar-refractivity contribution is -0.147. The van der Waals surface area contributed by atoms with Gasteiger partial charge in [0.2, 0.25) is 0 Å². The molecule has 0 radical (unpaired) electrons. The molecule has 0 aliphatic rings. The Morgan fingerprint density at radius 3 is 2.15 bits per heavy atom. The van der Waals surface area contributed by atoms with Gasteiger partial charge in [0, 0.05) is 5.56 Å². The molecule has 0 aliphatic heterocycles. The summed E-state index contributed by atoms with van der Waals surface area (Å²) in [6.45, 7) is 9.53. The van der Waals surface area contributed by atoms with Crippen molar-refractivity contribution in [2.24, 2.45) is 0 Å². The van der Waals surface area contributed by atoms with E-state index in [1.165, 1.54) is 0 Å². The van der Waals surface area contributed by atoms with Crippen LogP contribution in [0.15, 0.2) is 42.5 Å². The van der Waals surface area contributed by atoms with Crippen molar-refractivity contribution in [2.75, 3.05) is 0 Å². The molecule has 0 saturated carbocycles. The van der Waals surface area contributed by atoms with Crippen LogP contribution in [0, 0.1) is 20.8 Å². The van der Waals surface area contributed by atoms with Gasteiger partial charge in [-0.2, -0.15) is 0 Å². The fourth-order valence-electron chi connectivity index (χ4n) is 2.83. The molecule has 1 unspecified atom stereocenters. The van der Waals surface area contributed by atoms with Crippen molar-refractivity contribution < 1.29 is 14.3 Å². The van der Waals surface area contributed by atoms with E-state index in [0.717, 1.165) is 22.3 Å². The number of ether oxygens (including phenoxy) is 1. The number of aryl methyl sites for hydroxylation is 3. The minimum Gasteiger partial charge on any atom is -0.463 e. The molecular formula is C22H27NO3. The molecule has 0 saturated heterocycles. The summed E-state index contributed by atoms with van der Waals surface area (Å²) in [5.41, 5.74) is 4.64. The van der Waals surface area contributed by atoms with Crippen molar-refractivity contribution in [3.05, 3.63) is 70.3 Å². The molecule has 26 heavy (non-hydrogen) atoms. The molecule has 4 heteroatoms. The van der Waals surface area contributed by atoms with Gasteiger partial charge >= 0.3 is 5.97 Å². The molecule has 0 spiro atoms. The summed E-state index contributed by atoms with van der Waals surface area (Å²) < 4.78 is 5.26. The van der Waals surface area contributed by atoms with E-state index in [1.54, 1.807) is 0 Å². The van der Waals surface area contributed by atoms with Crippen LogP contribution >= 0.6 is 0 Å². The largest absolute Gasteiger partial charge is 0.463 e.